The van der Waals surface area contributed by atoms with E-state index in [0.29, 0.717) is 0 Å². The molecule has 1 aromatic rings. The van der Waals surface area contributed by atoms with E-state index in [2.05, 4.69) is 0 Å². The zero-order chi connectivity index (χ0) is 8.43. The number of halogens is 1. The van der Waals surface area contributed by atoms with Gasteiger partial charge in [0.1, 0.15) is 5.75 Å². The normalized spacial score (nSPS) is 8.92. The molecule has 0 unspecified atom stereocenters. The number of anilines is 1. The molecule has 0 saturated carbocycles. The van der Waals surface area contributed by atoms with Gasteiger partial charge in [0.15, 0.2) is 0 Å². The molecular formula is C9H14ClNO. The lowest BCUT2D eigenvalue weighted by Gasteiger charge is -2.07. The van der Waals surface area contributed by atoms with Gasteiger partial charge in [0, 0.05) is 11.3 Å². The van der Waals surface area contributed by atoms with Crippen LogP contribution in [0.1, 0.15) is 11.1 Å². The summed E-state index contributed by atoms with van der Waals surface area (Å²) in [6.07, 6.45) is 0. The number of benzene rings is 1. The van der Waals surface area contributed by atoms with Gasteiger partial charge in [-0.1, -0.05) is 0 Å². The summed E-state index contributed by atoms with van der Waals surface area (Å²) >= 11 is 0. The van der Waals surface area contributed by atoms with E-state index in [0.717, 1.165) is 22.6 Å². The summed E-state index contributed by atoms with van der Waals surface area (Å²) in [5, 5.41) is 0. The predicted molar refractivity (Wildman–Crippen MR) is 54.1 cm³/mol. The Balaban J connectivity index is 0.00000121. The van der Waals surface area contributed by atoms with Crippen LogP contribution in [-0.2, 0) is 0 Å². The Bertz CT molecular complexity index is 273. The van der Waals surface area contributed by atoms with Crippen LogP contribution in [0.5, 0.6) is 5.75 Å². The van der Waals surface area contributed by atoms with Crippen molar-refractivity contribution in [2.75, 3.05) is 12.8 Å². The Kier molecular flexibility index (Phi) is 3.90. The van der Waals surface area contributed by atoms with Gasteiger partial charge >= 0.3 is 0 Å². The first-order valence-corrected chi connectivity index (χ1v) is 3.56. The van der Waals surface area contributed by atoms with Crippen LogP contribution in [0.25, 0.3) is 0 Å². The van der Waals surface area contributed by atoms with Crippen LogP contribution >= 0.6 is 12.4 Å². The van der Waals surface area contributed by atoms with Crippen molar-refractivity contribution in [2.45, 2.75) is 13.8 Å². The van der Waals surface area contributed by atoms with Gasteiger partial charge in [-0.25, -0.2) is 0 Å². The van der Waals surface area contributed by atoms with Crippen LogP contribution in [0, 0.1) is 13.8 Å². The number of hydrogen-bond acceptors (Lipinski definition) is 2. The maximum absolute atomic E-state index is 5.72. The Morgan fingerprint density at radius 2 is 1.83 bits per heavy atom. The Morgan fingerprint density at radius 1 is 1.25 bits per heavy atom. The SMILES string of the molecule is COc1cc(C)cc(N)c1C.Cl. The van der Waals surface area contributed by atoms with Crippen LogP contribution in [-0.4, -0.2) is 7.11 Å². The summed E-state index contributed by atoms with van der Waals surface area (Å²) in [5.41, 5.74) is 8.65. The maximum atomic E-state index is 5.72. The van der Waals surface area contributed by atoms with Gasteiger partial charge in [-0.15, -0.1) is 12.4 Å². The van der Waals surface area contributed by atoms with E-state index in [4.69, 9.17) is 10.5 Å². The number of nitrogens with two attached hydrogens (primary N) is 1. The lowest BCUT2D eigenvalue weighted by molar-refractivity contribution is 0.411. The number of rotatable bonds is 1. The molecule has 3 heteroatoms. The van der Waals surface area contributed by atoms with Crippen LogP contribution in [0.3, 0.4) is 0 Å². The van der Waals surface area contributed by atoms with Crippen LogP contribution < -0.4 is 10.5 Å². The lowest BCUT2D eigenvalue weighted by atomic mass is 10.1. The molecule has 0 fully saturated rings. The summed E-state index contributed by atoms with van der Waals surface area (Å²) in [7, 11) is 1.65. The largest absolute Gasteiger partial charge is 0.496 e. The van der Waals surface area contributed by atoms with Crippen molar-refractivity contribution < 1.29 is 4.74 Å². The number of aryl methyl sites for hydroxylation is 1. The molecule has 0 aromatic heterocycles. The molecular weight excluding hydrogens is 174 g/mol. The molecule has 1 rings (SSSR count). The molecule has 0 bridgehead atoms. The topological polar surface area (TPSA) is 35.2 Å². The number of methoxy groups -OCH3 is 1. The zero-order valence-electron chi connectivity index (χ0n) is 7.55. The minimum Gasteiger partial charge on any atom is -0.496 e. The lowest BCUT2D eigenvalue weighted by Crippen LogP contribution is -1.94. The van der Waals surface area contributed by atoms with E-state index in [1.54, 1.807) is 7.11 Å². The van der Waals surface area contributed by atoms with Gasteiger partial charge in [-0.2, -0.15) is 0 Å². The standard InChI is InChI=1S/C9H13NO.ClH/c1-6-4-8(10)7(2)9(5-6)11-3;/h4-5H,10H2,1-3H3;1H. The first-order chi connectivity index (χ1) is 5.15. The first-order valence-electron chi connectivity index (χ1n) is 3.56. The first kappa shape index (κ1) is 11.1. The van der Waals surface area contributed by atoms with Crippen molar-refractivity contribution in [2.24, 2.45) is 0 Å². The van der Waals surface area contributed by atoms with Crippen molar-refractivity contribution in [3.05, 3.63) is 23.3 Å². The second kappa shape index (κ2) is 4.21. The molecule has 0 atom stereocenters. The summed E-state index contributed by atoms with van der Waals surface area (Å²) in [4.78, 5) is 0. The minimum absolute atomic E-state index is 0. The molecule has 0 amide bonds. The third-order valence-corrected chi connectivity index (χ3v) is 1.76. The highest BCUT2D eigenvalue weighted by molar-refractivity contribution is 5.85. The van der Waals surface area contributed by atoms with Crippen LogP contribution in [0.2, 0.25) is 0 Å². The minimum atomic E-state index is 0. The second-order valence-corrected chi connectivity index (χ2v) is 2.68. The third kappa shape index (κ3) is 2.05. The summed E-state index contributed by atoms with van der Waals surface area (Å²) in [6.45, 7) is 3.95. The number of ether oxygens (including phenoxy) is 1. The quantitative estimate of drug-likeness (QED) is 0.685. The highest BCUT2D eigenvalue weighted by Crippen LogP contribution is 2.24. The molecule has 0 heterocycles. The molecule has 0 saturated heterocycles. The van der Waals surface area contributed by atoms with E-state index < -0.39 is 0 Å². The highest BCUT2D eigenvalue weighted by atomic mass is 35.5. The molecule has 2 nitrogen and oxygen atoms in total. The average Bonchev–Trinajstić information content (AvgIpc) is 1.96. The van der Waals surface area contributed by atoms with Crippen LogP contribution in [0.4, 0.5) is 5.69 Å². The summed E-state index contributed by atoms with van der Waals surface area (Å²) in [5.74, 6) is 0.863. The van der Waals surface area contributed by atoms with E-state index in [-0.39, 0.29) is 12.4 Å². The maximum Gasteiger partial charge on any atom is 0.124 e. The van der Waals surface area contributed by atoms with Gasteiger partial charge in [0.25, 0.3) is 0 Å². The Labute approximate surface area is 79.1 Å². The van der Waals surface area contributed by atoms with Crippen molar-refractivity contribution in [3.8, 4) is 5.75 Å². The molecule has 1 aromatic carbocycles. The average molecular weight is 188 g/mol. The molecule has 12 heavy (non-hydrogen) atoms. The Morgan fingerprint density at radius 3 is 2.33 bits per heavy atom. The number of hydrogen-bond donors (Lipinski definition) is 1. The zero-order valence-corrected chi connectivity index (χ0v) is 8.37. The molecule has 0 radical (unpaired) electrons. The summed E-state index contributed by atoms with van der Waals surface area (Å²) < 4.78 is 5.13. The fourth-order valence-corrected chi connectivity index (χ4v) is 1.06. The molecule has 2 N–H and O–H groups in total. The smallest absolute Gasteiger partial charge is 0.124 e. The van der Waals surface area contributed by atoms with Gasteiger partial charge in [-0.3, -0.25) is 0 Å². The predicted octanol–water partition coefficient (Wildman–Crippen LogP) is 2.32. The van der Waals surface area contributed by atoms with Crippen molar-refractivity contribution in [1.29, 1.82) is 0 Å². The number of nitrogen functional groups attached to an aromatic ring is 1. The van der Waals surface area contributed by atoms with E-state index in [1.165, 1.54) is 0 Å². The van der Waals surface area contributed by atoms with Gasteiger partial charge in [0.05, 0.1) is 7.11 Å². The molecule has 0 aliphatic carbocycles. The molecule has 0 aliphatic heterocycles. The highest BCUT2D eigenvalue weighted by Gasteiger charge is 2.01. The van der Waals surface area contributed by atoms with Gasteiger partial charge in [0.2, 0.25) is 0 Å². The van der Waals surface area contributed by atoms with Gasteiger partial charge < -0.3 is 10.5 Å². The fourth-order valence-electron chi connectivity index (χ4n) is 1.06. The van der Waals surface area contributed by atoms with Crippen LogP contribution in [0.15, 0.2) is 12.1 Å². The van der Waals surface area contributed by atoms with Crippen molar-refractivity contribution in [3.63, 3.8) is 0 Å². The monoisotopic (exact) mass is 187 g/mol. The summed E-state index contributed by atoms with van der Waals surface area (Å²) in [6, 6.07) is 3.92. The van der Waals surface area contributed by atoms with Crippen molar-refractivity contribution >= 4 is 18.1 Å². The van der Waals surface area contributed by atoms with Gasteiger partial charge in [-0.05, 0) is 31.5 Å². The van der Waals surface area contributed by atoms with Crippen molar-refractivity contribution in [1.82, 2.24) is 0 Å². The third-order valence-electron chi connectivity index (χ3n) is 1.76. The molecule has 0 aliphatic rings. The Hall–Kier alpha value is -0.890. The second-order valence-electron chi connectivity index (χ2n) is 2.68. The molecule has 0 spiro atoms. The van der Waals surface area contributed by atoms with E-state index in [1.807, 2.05) is 26.0 Å². The fraction of sp³-hybridized carbons (Fsp3) is 0.333. The van der Waals surface area contributed by atoms with E-state index >= 15 is 0 Å². The van der Waals surface area contributed by atoms with E-state index in [9.17, 15) is 0 Å². The molecule has 68 valence electrons.